The summed E-state index contributed by atoms with van der Waals surface area (Å²) in [7, 11) is 1.55. The van der Waals surface area contributed by atoms with Crippen LogP contribution in [0.2, 0.25) is 0 Å². The minimum Gasteiger partial charge on any atom is -0.493 e. The van der Waals surface area contributed by atoms with Crippen molar-refractivity contribution in [2.45, 2.75) is 18.9 Å². The number of hydrogen-bond acceptors (Lipinski definition) is 5. The third-order valence-corrected chi connectivity index (χ3v) is 5.74. The summed E-state index contributed by atoms with van der Waals surface area (Å²) in [6, 6.07) is 13.9. The Kier molecular flexibility index (Phi) is 5.60. The van der Waals surface area contributed by atoms with Crippen molar-refractivity contribution in [2.24, 2.45) is 5.41 Å². The second-order valence-corrected chi connectivity index (χ2v) is 7.57. The van der Waals surface area contributed by atoms with E-state index in [2.05, 4.69) is 6.07 Å². The fraction of sp³-hybridized carbons (Fsp3) is 0.391. The first-order valence-electron chi connectivity index (χ1n) is 9.91. The number of hydrogen-bond donors (Lipinski definition) is 0. The summed E-state index contributed by atoms with van der Waals surface area (Å²) < 4.78 is 29.7. The Bertz CT molecular complexity index is 966. The molecule has 156 valence electrons. The van der Waals surface area contributed by atoms with Gasteiger partial charge in [-0.05, 0) is 41.8 Å². The van der Waals surface area contributed by atoms with E-state index in [0.717, 1.165) is 11.1 Å². The molecular formula is C23H23FN2O4. The molecule has 0 N–H and O–H groups in total. The van der Waals surface area contributed by atoms with Crippen molar-refractivity contribution in [2.75, 3.05) is 33.4 Å². The molecule has 0 unspecified atom stereocenters. The third kappa shape index (κ3) is 3.83. The zero-order valence-electron chi connectivity index (χ0n) is 16.8. The first-order chi connectivity index (χ1) is 14.6. The molecule has 0 radical (unpaired) electrons. The molecule has 2 aromatic rings. The lowest BCUT2D eigenvalue weighted by molar-refractivity contribution is -0.139. The zero-order chi connectivity index (χ0) is 21.1. The first kappa shape index (κ1) is 20.2. The highest BCUT2D eigenvalue weighted by atomic mass is 19.1. The van der Waals surface area contributed by atoms with Crippen LogP contribution in [0.1, 0.15) is 23.5 Å². The normalized spacial score (nSPS) is 22.8. The van der Waals surface area contributed by atoms with E-state index in [-0.39, 0.29) is 24.2 Å². The van der Waals surface area contributed by atoms with Crippen LogP contribution in [-0.2, 0) is 16.1 Å². The summed E-state index contributed by atoms with van der Waals surface area (Å²) in [4.78, 5) is 14.7. The second-order valence-electron chi connectivity index (χ2n) is 7.57. The number of carbonyl (C=O) groups is 1. The van der Waals surface area contributed by atoms with E-state index >= 15 is 0 Å². The highest BCUT2D eigenvalue weighted by Gasteiger charge is 2.63. The van der Waals surface area contributed by atoms with Gasteiger partial charge in [0.1, 0.15) is 17.8 Å². The van der Waals surface area contributed by atoms with Gasteiger partial charge in [-0.2, -0.15) is 5.26 Å². The highest BCUT2D eigenvalue weighted by molar-refractivity contribution is 5.90. The average molecular weight is 410 g/mol. The monoisotopic (exact) mass is 410 g/mol. The van der Waals surface area contributed by atoms with Crippen molar-refractivity contribution in [3.63, 3.8) is 0 Å². The molecule has 1 saturated heterocycles. The summed E-state index contributed by atoms with van der Waals surface area (Å²) in [5, 5.41) is 9.79. The number of nitrogens with zero attached hydrogens (tertiary/aromatic N) is 2. The minimum atomic E-state index is -1.02. The van der Waals surface area contributed by atoms with Gasteiger partial charge in [-0.15, -0.1) is 0 Å². The summed E-state index contributed by atoms with van der Waals surface area (Å²) in [5.74, 6) is 0.505. The summed E-state index contributed by atoms with van der Waals surface area (Å²) in [6.45, 7) is 2.33. The number of halogens is 1. The van der Waals surface area contributed by atoms with Crippen LogP contribution in [0.15, 0.2) is 42.5 Å². The van der Waals surface area contributed by atoms with Gasteiger partial charge in [0.05, 0.1) is 26.4 Å². The van der Waals surface area contributed by atoms with E-state index in [1.165, 1.54) is 12.1 Å². The Morgan fingerprint density at radius 1 is 1.23 bits per heavy atom. The first-order valence-corrected chi connectivity index (χ1v) is 9.91. The topological polar surface area (TPSA) is 71.8 Å². The highest BCUT2D eigenvalue weighted by Crippen LogP contribution is 2.60. The molecule has 1 aliphatic carbocycles. The number of morpholine rings is 1. The van der Waals surface area contributed by atoms with Crippen molar-refractivity contribution in [1.82, 2.24) is 4.90 Å². The lowest BCUT2D eigenvalue weighted by atomic mass is 9.98. The van der Waals surface area contributed by atoms with Crippen LogP contribution in [0.25, 0.3) is 0 Å². The average Bonchev–Trinajstić information content (AvgIpc) is 3.55. The number of amides is 1. The quantitative estimate of drug-likeness (QED) is 0.731. The number of nitriles is 1. The summed E-state index contributed by atoms with van der Waals surface area (Å²) in [6.07, 6.45) is 0.499. The van der Waals surface area contributed by atoms with Crippen molar-refractivity contribution >= 4 is 5.91 Å². The number of benzene rings is 2. The molecule has 1 heterocycles. The molecule has 2 fully saturated rings. The molecule has 2 aliphatic rings. The van der Waals surface area contributed by atoms with Crippen LogP contribution in [0.5, 0.6) is 11.5 Å². The van der Waals surface area contributed by atoms with E-state index in [4.69, 9.17) is 14.2 Å². The van der Waals surface area contributed by atoms with E-state index < -0.39 is 5.41 Å². The maximum atomic E-state index is 13.0. The van der Waals surface area contributed by atoms with Gasteiger partial charge in [-0.1, -0.05) is 18.2 Å². The molecule has 0 aromatic heterocycles. The molecule has 1 saturated carbocycles. The smallest absolute Gasteiger partial charge is 0.243 e. The van der Waals surface area contributed by atoms with Crippen molar-refractivity contribution in [3.8, 4) is 17.6 Å². The molecule has 1 aliphatic heterocycles. The molecule has 4 rings (SSSR count). The van der Waals surface area contributed by atoms with Gasteiger partial charge in [0.25, 0.3) is 0 Å². The van der Waals surface area contributed by atoms with Crippen LogP contribution in [0.3, 0.4) is 0 Å². The number of carbonyl (C=O) groups excluding carboxylic acids is 1. The predicted octanol–water partition coefficient (Wildman–Crippen LogP) is 3.27. The van der Waals surface area contributed by atoms with Gasteiger partial charge < -0.3 is 19.1 Å². The van der Waals surface area contributed by atoms with Crippen LogP contribution in [0.4, 0.5) is 4.39 Å². The fourth-order valence-corrected chi connectivity index (χ4v) is 3.88. The Balaban J connectivity index is 1.48. The Hall–Kier alpha value is -3.11. The van der Waals surface area contributed by atoms with Crippen LogP contribution < -0.4 is 9.47 Å². The van der Waals surface area contributed by atoms with Gasteiger partial charge in [0.15, 0.2) is 11.5 Å². The molecule has 7 heteroatoms. The fourth-order valence-electron chi connectivity index (χ4n) is 3.88. The Morgan fingerprint density at radius 2 is 1.97 bits per heavy atom. The van der Waals surface area contributed by atoms with Gasteiger partial charge in [-0.3, -0.25) is 4.79 Å². The van der Waals surface area contributed by atoms with Crippen molar-refractivity contribution in [1.29, 1.82) is 5.26 Å². The minimum absolute atomic E-state index is 0.117. The number of rotatable bonds is 6. The van der Waals surface area contributed by atoms with Gasteiger partial charge in [-0.25, -0.2) is 4.39 Å². The van der Waals surface area contributed by atoms with Gasteiger partial charge in [0, 0.05) is 19.0 Å². The van der Waals surface area contributed by atoms with Crippen LogP contribution in [0, 0.1) is 22.6 Å². The number of ether oxygens (including phenoxy) is 3. The maximum Gasteiger partial charge on any atom is 0.243 e. The second kappa shape index (κ2) is 8.33. The SMILES string of the molecule is COc1cc([C@@H]2C[C@@]2(C#N)C(=O)N2CCOCC2)ccc1OCc1ccc(F)cc1. The van der Waals surface area contributed by atoms with E-state index in [0.29, 0.717) is 44.2 Å². The largest absolute Gasteiger partial charge is 0.493 e. The molecule has 1 amide bonds. The van der Waals surface area contributed by atoms with Crippen molar-refractivity contribution < 1.29 is 23.4 Å². The standard InChI is InChI=1S/C23H23FN2O4/c1-28-21-12-17(4-7-20(21)30-14-16-2-5-18(24)6-3-16)19-13-23(19,15-25)22(27)26-8-10-29-11-9-26/h2-7,12,19H,8-11,13-14H2,1H3/t19-,23-/m0/s1. The molecule has 2 atom stereocenters. The van der Waals surface area contributed by atoms with Crippen LogP contribution >= 0.6 is 0 Å². The third-order valence-electron chi connectivity index (χ3n) is 5.74. The Morgan fingerprint density at radius 3 is 2.63 bits per heavy atom. The van der Waals surface area contributed by atoms with Crippen LogP contribution in [-0.4, -0.2) is 44.2 Å². The molecule has 2 aromatic carbocycles. The van der Waals surface area contributed by atoms with Gasteiger partial charge >= 0.3 is 0 Å². The van der Waals surface area contributed by atoms with E-state index in [1.54, 1.807) is 30.2 Å². The zero-order valence-corrected chi connectivity index (χ0v) is 16.8. The molecule has 6 nitrogen and oxygen atoms in total. The van der Waals surface area contributed by atoms with E-state index in [1.807, 2.05) is 12.1 Å². The van der Waals surface area contributed by atoms with Crippen molar-refractivity contribution in [3.05, 3.63) is 59.4 Å². The predicted molar refractivity (Wildman–Crippen MR) is 107 cm³/mol. The lowest BCUT2D eigenvalue weighted by Crippen LogP contribution is -2.44. The molecule has 0 bridgehead atoms. The maximum absolute atomic E-state index is 13.0. The Labute approximate surface area is 174 Å². The molecular weight excluding hydrogens is 387 g/mol. The number of methoxy groups -OCH3 is 1. The summed E-state index contributed by atoms with van der Waals surface area (Å²) >= 11 is 0. The lowest BCUT2D eigenvalue weighted by Gasteiger charge is -2.29. The summed E-state index contributed by atoms with van der Waals surface area (Å²) in [5.41, 5.74) is 0.701. The molecule has 0 spiro atoms. The molecule has 30 heavy (non-hydrogen) atoms. The van der Waals surface area contributed by atoms with E-state index in [9.17, 15) is 14.4 Å². The van der Waals surface area contributed by atoms with Gasteiger partial charge in [0.2, 0.25) is 5.91 Å².